The van der Waals surface area contributed by atoms with Gasteiger partial charge in [-0.05, 0) is 30.4 Å². The highest BCUT2D eigenvalue weighted by Gasteiger charge is 2.02. The van der Waals surface area contributed by atoms with E-state index < -0.39 is 0 Å². The van der Waals surface area contributed by atoms with Crippen LogP contribution >= 0.6 is 0 Å². The Morgan fingerprint density at radius 1 is 1.27 bits per heavy atom. The van der Waals surface area contributed by atoms with Crippen LogP contribution < -0.4 is 5.73 Å². The zero-order valence-corrected chi connectivity index (χ0v) is 8.77. The number of phenols is 1. The molecule has 0 spiro atoms. The highest BCUT2D eigenvalue weighted by Crippen LogP contribution is 2.25. The lowest BCUT2D eigenvalue weighted by Crippen LogP contribution is -2.17. The molecule has 0 aromatic heterocycles. The molecule has 0 saturated heterocycles. The smallest absolute Gasteiger partial charge is 0.123 e. The van der Waals surface area contributed by atoms with Gasteiger partial charge in [0.15, 0.2) is 0 Å². The Kier molecular flexibility index (Phi) is 2.60. The molecule has 1 atom stereocenters. The molecule has 0 heterocycles. The Hall–Kier alpha value is -1.54. The third kappa shape index (κ3) is 2.10. The van der Waals surface area contributed by atoms with E-state index in [4.69, 9.17) is 5.73 Å². The van der Waals surface area contributed by atoms with Crippen LogP contribution in [0.3, 0.4) is 0 Å². The first kappa shape index (κ1) is 9.99. The number of benzene rings is 2. The predicted octanol–water partition coefficient (Wildman–Crippen LogP) is 2.44. The van der Waals surface area contributed by atoms with E-state index in [-0.39, 0.29) is 6.04 Å². The van der Waals surface area contributed by atoms with Crippen LogP contribution in [0.1, 0.15) is 12.5 Å². The second-order valence-electron chi connectivity index (χ2n) is 4.01. The van der Waals surface area contributed by atoms with Gasteiger partial charge in [-0.15, -0.1) is 0 Å². The monoisotopic (exact) mass is 201 g/mol. The van der Waals surface area contributed by atoms with Crippen LogP contribution in [0.5, 0.6) is 5.75 Å². The van der Waals surface area contributed by atoms with Crippen molar-refractivity contribution in [1.82, 2.24) is 0 Å². The number of hydrogen-bond acceptors (Lipinski definition) is 2. The molecule has 2 rings (SSSR count). The highest BCUT2D eigenvalue weighted by atomic mass is 16.3. The topological polar surface area (TPSA) is 46.2 Å². The third-order valence-corrected chi connectivity index (χ3v) is 2.48. The SMILES string of the molecule is CC(N)Cc1ccc2c(O)cccc2c1. The van der Waals surface area contributed by atoms with Gasteiger partial charge in [0.05, 0.1) is 0 Å². The van der Waals surface area contributed by atoms with Gasteiger partial charge in [0.25, 0.3) is 0 Å². The summed E-state index contributed by atoms with van der Waals surface area (Å²) < 4.78 is 0. The number of fused-ring (bicyclic) bond motifs is 1. The van der Waals surface area contributed by atoms with Crippen LogP contribution in [0.2, 0.25) is 0 Å². The quantitative estimate of drug-likeness (QED) is 0.783. The number of aromatic hydroxyl groups is 1. The molecule has 1 unspecified atom stereocenters. The van der Waals surface area contributed by atoms with Gasteiger partial charge in [0, 0.05) is 11.4 Å². The van der Waals surface area contributed by atoms with E-state index in [0.717, 1.165) is 17.2 Å². The summed E-state index contributed by atoms with van der Waals surface area (Å²) in [4.78, 5) is 0. The zero-order valence-electron chi connectivity index (χ0n) is 8.77. The maximum atomic E-state index is 9.62. The molecule has 0 fully saturated rings. The van der Waals surface area contributed by atoms with Crippen molar-refractivity contribution < 1.29 is 5.11 Å². The second kappa shape index (κ2) is 3.91. The predicted molar refractivity (Wildman–Crippen MR) is 63.0 cm³/mol. The highest BCUT2D eigenvalue weighted by molar-refractivity contribution is 5.88. The third-order valence-electron chi connectivity index (χ3n) is 2.48. The van der Waals surface area contributed by atoms with Crippen LogP contribution in [-0.4, -0.2) is 11.1 Å². The van der Waals surface area contributed by atoms with Crippen LogP contribution in [0, 0.1) is 0 Å². The van der Waals surface area contributed by atoms with Crippen molar-refractivity contribution in [3.63, 3.8) is 0 Å². The maximum Gasteiger partial charge on any atom is 0.123 e. The van der Waals surface area contributed by atoms with Crippen LogP contribution in [0.4, 0.5) is 0 Å². The van der Waals surface area contributed by atoms with E-state index in [1.165, 1.54) is 5.56 Å². The number of phenolic OH excluding ortho intramolecular Hbond substituents is 1. The lowest BCUT2D eigenvalue weighted by molar-refractivity contribution is 0.481. The summed E-state index contributed by atoms with van der Waals surface area (Å²) in [6, 6.07) is 11.8. The summed E-state index contributed by atoms with van der Waals surface area (Å²) >= 11 is 0. The van der Waals surface area contributed by atoms with Crippen LogP contribution in [-0.2, 0) is 6.42 Å². The summed E-state index contributed by atoms with van der Waals surface area (Å²) in [5, 5.41) is 11.6. The molecular formula is C13H15NO. The molecular weight excluding hydrogens is 186 g/mol. The Balaban J connectivity index is 2.48. The summed E-state index contributed by atoms with van der Waals surface area (Å²) in [5.41, 5.74) is 6.96. The fraction of sp³-hybridized carbons (Fsp3) is 0.231. The average molecular weight is 201 g/mol. The van der Waals surface area contributed by atoms with Gasteiger partial charge in [0.1, 0.15) is 5.75 Å². The van der Waals surface area contributed by atoms with Gasteiger partial charge in [-0.1, -0.05) is 30.3 Å². The standard InChI is InChI=1S/C13H15NO/c1-9(14)7-10-5-6-12-11(8-10)3-2-4-13(12)15/h2-6,8-9,15H,7,14H2,1H3. The number of nitrogens with two attached hydrogens (primary N) is 1. The minimum Gasteiger partial charge on any atom is -0.507 e. The van der Waals surface area contributed by atoms with Gasteiger partial charge in [0.2, 0.25) is 0 Å². The van der Waals surface area contributed by atoms with Crippen molar-refractivity contribution >= 4 is 10.8 Å². The Morgan fingerprint density at radius 3 is 2.80 bits per heavy atom. The maximum absolute atomic E-state index is 9.62. The zero-order chi connectivity index (χ0) is 10.8. The molecule has 0 amide bonds. The summed E-state index contributed by atoms with van der Waals surface area (Å²) in [6.07, 6.45) is 0.867. The summed E-state index contributed by atoms with van der Waals surface area (Å²) in [7, 11) is 0. The molecule has 3 N–H and O–H groups in total. The van der Waals surface area contributed by atoms with Crippen molar-refractivity contribution in [3.05, 3.63) is 42.0 Å². The second-order valence-corrected chi connectivity index (χ2v) is 4.01. The molecule has 0 bridgehead atoms. The Labute approximate surface area is 89.3 Å². The molecule has 15 heavy (non-hydrogen) atoms. The van der Waals surface area contributed by atoms with Crippen molar-refractivity contribution in [3.8, 4) is 5.75 Å². The number of rotatable bonds is 2. The summed E-state index contributed by atoms with van der Waals surface area (Å²) in [5.74, 6) is 0.333. The fourth-order valence-electron chi connectivity index (χ4n) is 1.81. The fourth-order valence-corrected chi connectivity index (χ4v) is 1.81. The van der Waals surface area contributed by atoms with Gasteiger partial charge < -0.3 is 10.8 Å². The molecule has 2 nitrogen and oxygen atoms in total. The Bertz CT molecular complexity index is 477. The molecule has 78 valence electrons. The lowest BCUT2D eigenvalue weighted by atomic mass is 10.0. The van der Waals surface area contributed by atoms with Crippen molar-refractivity contribution in [2.45, 2.75) is 19.4 Å². The first-order valence-electron chi connectivity index (χ1n) is 5.13. The van der Waals surface area contributed by atoms with Crippen molar-refractivity contribution in [1.29, 1.82) is 0 Å². The van der Waals surface area contributed by atoms with Gasteiger partial charge >= 0.3 is 0 Å². The normalized spacial score (nSPS) is 12.9. The van der Waals surface area contributed by atoms with Gasteiger partial charge in [-0.25, -0.2) is 0 Å². The van der Waals surface area contributed by atoms with Crippen LogP contribution in [0.15, 0.2) is 36.4 Å². The first-order chi connectivity index (χ1) is 7.16. The average Bonchev–Trinajstić information content (AvgIpc) is 2.17. The molecule has 0 radical (unpaired) electrons. The van der Waals surface area contributed by atoms with Crippen LogP contribution in [0.25, 0.3) is 10.8 Å². The van der Waals surface area contributed by atoms with E-state index in [0.29, 0.717) is 5.75 Å². The van der Waals surface area contributed by atoms with Gasteiger partial charge in [-0.2, -0.15) is 0 Å². The van der Waals surface area contributed by atoms with Gasteiger partial charge in [-0.3, -0.25) is 0 Å². The lowest BCUT2D eigenvalue weighted by Gasteiger charge is -2.07. The number of hydrogen-bond donors (Lipinski definition) is 2. The molecule has 0 aliphatic heterocycles. The molecule has 2 aromatic carbocycles. The molecule has 0 aliphatic carbocycles. The molecule has 2 aromatic rings. The minimum absolute atomic E-state index is 0.166. The van der Waals surface area contributed by atoms with E-state index in [1.807, 2.05) is 31.2 Å². The van der Waals surface area contributed by atoms with Crippen molar-refractivity contribution in [2.75, 3.05) is 0 Å². The molecule has 0 saturated carbocycles. The Morgan fingerprint density at radius 2 is 2.07 bits per heavy atom. The first-order valence-corrected chi connectivity index (χ1v) is 5.13. The van der Waals surface area contributed by atoms with E-state index in [2.05, 4.69) is 6.07 Å². The largest absolute Gasteiger partial charge is 0.507 e. The van der Waals surface area contributed by atoms with E-state index >= 15 is 0 Å². The summed E-state index contributed by atoms with van der Waals surface area (Å²) in [6.45, 7) is 1.99. The van der Waals surface area contributed by atoms with Crippen molar-refractivity contribution in [2.24, 2.45) is 5.73 Å². The minimum atomic E-state index is 0.166. The molecule has 0 aliphatic rings. The van der Waals surface area contributed by atoms with E-state index in [9.17, 15) is 5.11 Å². The van der Waals surface area contributed by atoms with E-state index in [1.54, 1.807) is 6.07 Å². The molecule has 2 heteroatoms.